The fourth-order valence-electron chi connectivity index (χ4n) is 3.71. The van der Waals surface area contributed by atoms with E-state index >= 15 is 0 Å². The van der Waals surface area contributed by atoms with Gasteiger partial charge in [0, 0.05) is 5.56 Å². The molecule has 11 heteroatoms. The van der Waals surface area contributed by atoms with E-state index in [9.17, 15) is 25.9 Å². The van der Waals surface area contributed by atoms with Gasteiger partial charge in [-0.25, -0.2) is 16.8 Å². The third-order valence-electron chi connectivity index (χ3n) is 5.45. The number of rotatable bonds is 15. The van der Waals surface area contributed by atoms with Crippen molar-refractivity contribution in [2.75, 3.05) is 0 Å². The summed E-state index contributed by atoms with van der Waals surface area (Å²) in [6, 6.07) is 9.99. The van der Waals surface area contributed by atoms with Crippen LogP contribution in [0.5, 0.6) is 11.5 Å². The number of para-hydroxylation sites is 1. The fraction of sp³-hybridized carbons (Fsp3) is 0.500. The van der Waals surface area contributed by atoms with Gasteiger partial charge in [0.25, 0.3) is 0 Å². The van der Waals surface area contributed by atoms with E-state index in [0.717, 1.165) is 31.7 Å². The van der Waals surface area contributed by atoms with Crippen molar-refractivity contribution in [2.45, 2.75) is 87.3 Å². The first-order chi connectivity index (χ1) is 15.6. The summed E-state index contributed by atoms with van der Waals surface area (Å²) in [5.41, 5.74) is 0.0980. The molecule has 0 aliphatic carbocycles. The first kappa shape index (κ1) is 35.1. The Morgan fingerprint density at radius 2 is 1.23 bits per heavy atom. The van der Waals surface area contributed by atoms with Crippen LogP contribution >= 0.6 is 0 Å². The molecule has 2 rings (SSSR count). The van der Waals surface area contributed by atoms with Crippen molar-refractivity contribution in [3.05, 3.63) is 48.0 Å². The van der Waals surface area contributed by atoms with Gasteiger partial charge in [-0.2, -0.15) is 0 Å². The monoisotopic (exact) mass is 542 g/mol. The molecule has 0 radical (unpaired) electrons. The molecule has 184 valence electrons. The summed E-state index contributed by atoms with van der Waals surface area (Å²) in [6.07, 6.45) is 11.1. The molecular weight excluding hydrogens is 510 g/mol. The van der Waals surface area contributed by atoms with E-state index in [1.165, 1.54) is 32.1 Å². The quantitative estimate of drug-likeness (QED) is 0.173. The van der Waals surface area contributed by atoms with Gasteiger partial charge >= 0.3 is 59.1 Å². The van der Waals surface area contributed by atoms with Crippen molar-refractivity contribution < 1.29 is 89.8 Å². The Balaban J connectivity index is 0.00000578. The van der Waals surface area contributed by atoms with Crippen molar-refractivity contribution in [1.82, 2.24) is 0 Å². The second-order valence-electron chi connectivity index (χ2n) is 8.15. The fourth-order valence-corrected chi connectivity index (χ4v) is 5.07. The van der Waals surface area contributed by atoms with Gasteiger partial charge in [-0.05, 0) is 37.1 Å². The predicted molar refractivity (Wildman–Crippen MR) is 124 cm³/mol. The maximum Gasteiger partial charge on any atom is 1.00 e. The Kier molecular flexibility index (Phi) is 17.6. The summed E-state index contributed by atoms with van der Waals surface area (Å²) in [7, 11) is -10.0. The van der Waals surface area contributed by atoms with E-state index in [-0.39, 0.29) is 76.8 Å². The van der Waals surface area contributed by atoms with Crippen LogP contribution in [-0.2, 0) is 26.7 Å². The summed E-state index contributed by atoms with van der Waals surface area (Å²) in [5, 5.41) is 0. The van der Waals surface area contributed by atoms with Crippen LogP contribution in [0.3, 0.4) is 0 Å². The van der Waals surface area contributed by atoms with Crippen molar-refractivity contribution >= 4 is 20.2 Å². The van der Waals surface area contributed by atoms with Gasteiger partial charge in [0.15, 0.2) is 0 Å². The van der Waals surface area contributed by atoms with Crippen molar-refractivity contribution in [1.29, 1.82) is 0 Å². The van der Waals surface area contributed by atoms with Crippen LogP contribution in [0.25, 0.3) is 0 Å². The molecule has 0 heterocycles. The average molecular weight is 543 g/mol. The molecule has 0 saturated heterocycles. The number of unbranched alkanes of at least 4 members (excludes halogenated alkanes) is 9. The minimum atomic E-state index is -5.03. The summed E-state index contributed by atoms with van der Waals surface area (Å²) in [6.45, 7) is 2.19. The molecule has 0 spiro atoms. The Bertz CT molecular complexity index is 1090. The zero-order valence-corrected chi connectivity index (χ0v) is 26.6. The van der Waals surface area contributed by atoms with Crippen LogP contribution < -0.4 is 63.9 Å². The SMILES string of the molecule is CCCCCCCCCCCCc1c(Oc2ccccc2)cc(S(=O)(=O)[O-])cc1S(=O)(=O)[O-].[Na+].[Na+]. The van der Waals surface area contributed by atoms with E-state index in [0.29, 0.717) is 18.2 Å². The summed E-state index contributed by atoms with van der Waals surface area (Å²) in [4.78, 5) is -1.53. The molecule has 0 unspecified atom stereocenters. The van der Waals surface area contributed by atoms with Gasteiger partial charge in [0.05, 0.1) is 9.79 Å². The third-order valence-corrected chi connectivity index (χ3v) is 7.17. The molecule has 0 aromatic heterocycles. The normalized spacial score (nSPS) is 11.4. The minimum absolute atomic E-state index is 0. The van der Waals surface area contributed by atoms with E-state index < -0.39 is 30.0 Å². The number of hydrogen-bond donors (Lipinski definition) is 0. The molecule has 0 saturated carbocycles. The number of benzene rings is 2. The zero-order chi connectivity index (χ0) is 24.3. The molecule has 2 aromatic rings. The smallest absolute Gasteiger partial charge is 0.744 e. The molecular formula is C24H32Na2O7S2. The van der Waals surface area contributed by atoms with Crippen molar-refractivity contribution in [3.63, 3.8) is 0 Å². The molecule has 2 aromatic carbocycles. The van der Waals surface area contributed by atoms with Crippen molar-refractivity contribution in [3.8, 4) is 11.5 Å². The molecule has 35 heavy (non-hydrogen) atoms. The topological polar surface area (TPSA) is 124 Å². The molecule has 0 bridgehead atoms. The summed E-state index contributed by atoms with van der Waals surface area (Å²) in [5.74, 6) is 0.222. The summed E-state index contributed by atoms with van der Waals surface area (Å²) >= 11 is 0. The van der Waals surface area contributed by atoms with E-state index in [1.807, 2.05) is 0 Å². The Morgan fingerprint density at radius 1 is 0.714 bits per heavy atom. The van der Waals surface area contributed by atoms with Crippen LogP contribution in [0.2, 0.25) is 0 Å². The standard InChI is InChI=1S/C24H34O7S2.2Na/c1-2-3-4-5-6-7-8-9-10-14-17-22-23(31-20-15-12-11-13-16-20)18-21(32(25,26)27)19-24(22)33(28,29)30;;/h11-13,15-16,18-19H,2-10,14,17H2,1H3,(H,25,26,27)(H,28,29,30);;/q;2*+1/p-2. The molecule has 0 aliphatic heterocycles. The second-order valence-corrected chi connectivity index (χ2v) is 10.9. The van der Waals surface area contributed by atoms with E-state index in [2.05, 4.69) is 6.92 Å². The van der Waals surface area contributed by atoms with Crippen LogP contribution in [0.15, 0.2) is 52.3 Å². The number of hydrogen-bond acceptors (Lipinski definition) is 7. The molecule has 0 aliphatic rings. The Hall–Kier alpha value is 0.0600. The largest absolute Gasteiger partial charge is 1.00 e. The maximum absolute atomic E-state index is 11.9. The molecule has 0 amide bonds. The van der Waals surface area contributed by atoms with Crippen LogP contribution in [0.4, 0.5) is 0 Å². The average Bonchev–Trinajstić information content (AvgIpc) is 2.75. The van der Waals surface area contributed by atoms with Gasteiger partial charge in [-0.3, -0.25) is 0 Å². The maximum atomic E-state index is 11.9. The van der Waals surface area contributed by atoms with Crippen LogP contribution in [0.1, 0.15) is 76.7 Å². The van der Waals surface area contributed by atoms with Gasteiger partial charge < -0.3 is 13.8 Å². The van der Waals surface area contributed by atoms with Gasteiger partial charge in [0.2, 0.25) is 0 Å². The second kappa shape index (κ2) is 17.5. The molecule has 0 N–H and O–H groups in total. The Morgan fingerprint density at radius 3 is 1.71 bits per heavy atom. The van der Waals surface area contributed by atoms with Gasteiger partial charge in [0.1, 0.15) is 31.7 Å². The molecule has 0 atom stereocenters. The molecule has 7 nitrogen and oxygen atoms in total. The predicted octanol–water partition coefficient (Wildman–Crippen LogP) is -0.241. The van der Waals surface area contributed by atoms with E-state index in [4.69, 9.17) is 4.74 Å². The Labute approximate surface area is 254 Å². The van der Waals surface area contributed by atoms with Crippen molar-refractivity contribution in [2.24, 2.45) is 0 Å². The van der Waals surface area contributed by atoms with Crippen LogP contribution in [0, 0.1) is 0 Å². The first-order valence-electron chi connectivity index (χ1n) is 11.4. The molecule has 0 fully saturated rings. The first-order valence-corrected chi connectivity index (χ1v) is 14.3. The van der Waals surface area contributed by atoms with Gasteiger partial charge in [-0.1, -0.05) is 82.9 Å². The summed E-state index contributed by atoms with van der Waals surface area (Å²) < 4.78 is 76.1. The van der Waals surface area contributed by atoms with Crippen LogP contribution in [-0.4, -0.2) is 25.9 Å². The zero-order valence-electron chi connectivity index (χ0n) is 21.0. The number of ether oxygens (including phenoxy) is 1. The van der Waals surface area contributed by atoms with E-state index in [1.54, 1.807) is 30.3 Å². The third kappa shape index (κ3) is 12.9. The minimum Gasteiger partial charge on any atom is -0.744 e. The van der Waals surface area contributed by atoms with Gasteiger partial charge in [-0.15, -0.1) is 0 Å².